The third-order valence-corrected chi connectivity index (χ3v) is 11.1. The Morgan fingerprint density at radius 3 is 1.91 bits per heavy atom. The van der Waals surface area contributed by atoms with Crippen LogP contribution in [0.1, 0.15) is 54.4 Å². The third kappa shape index (κ3) is 16.0. The number of imide groups is 1. The Bertz CT molecular complexity index is 2070. The maximum Gasteiger partial charge on any atom is 0.335 e. The monoisotopic (exact) mass is 987 g/mol. The smallest absolute Gasteiger partial charge is 0.335 e. The minimum atomic E-state index is -0.711. The molecule has 4 aliphatic rings. The molecule has 0 saturated carbocycles. The average molecular weight is 988 g/mol. The summed E-state index contributed by atoms with van der Waals surface area (Å²) < 4.78 is 68.3. The molecular weight excluding hydrogens is 923 g/mol. The summed E-state index contributed by atoms with van der Waals surface area (Å²) in [6.07, 6.45) is -0.0353. The maximum absolute atomic E-state index is 12.7. The highest BCUT2D eigenvalue weighted by Gasteiger charge is 2.45. The molecule has 2 N–H and O–H groups in total. The standard InChI is InChI=1S/C48H65N3O19/c1-32(2)38-28-36-37(68-38)5-4-34-47(46-35-27-39(57-3)33(29-52)26-40(35)66-30-41(46)69-48(34)36)50-67-31-42(53)49-9-11-59-13-15-61-17-19-63-21-23-65-25-24-64-22-20-62-18-16-60-14-12-58-10-8-45(56)70-51-43(54)6-7-44(51)55/h4-5,26-27,38,41,46,52H,1,6-25,28-31H2,2-3H3,(H,49,53)/b50-47+/t38-,41-,46+/m1/s1. The number of amides is 3. The molecule has 3 atom stereocenters. The molecule has 4 heterocycles. The van der Waals surface area contributed by atoms with Gasteiger partial charge in [-0.3, -0.25) is 14.4 Å². The van der Waals surface area contributed by atoms with E-state index in [1.807, 2.05) is 25.1 Å². The van der Waals surface area contributed by atoms with Crippen molar-refractivity contribution in [1.29, 1.82) is 0 Å². The zero-order valence-electron chi connectivity index (χ0n) is 39.9. The molecule has 4 aliphatic heterocycles. The highest BCUT2D eigenvalue weighted by Crippen LogP contribution is 2.49. The van der Waals surface area contributed by atoms with Gasteiger partial charge in [-0.1, -0.05) is 11.7 Å². The van der Waals surface area contributed by atoms with E-state index in [0.29, 0.717) is 126 Å². The van der Waals surface area contributed by atoms with Gasteiger partial charge in [0.1, 0.15) is 47.5 Å². The number of carbonyl (C=O) groups excluding carboxylic acids is 4. The van der Waals surface area contributed by atoms with E-state index < -0.39 is 29.8 Å². The summed E-state index contributed by atoms with van der Waals surface area (Å²) in [5.41, 5.74) is 4.47. The predicted molar refractivity (Wildman–Crippen MR) is 245 cm³/mol. The maximum atomic E-state index is 12.7. The summed E-state index contributed by atoms with van der Waals surface area (Å²) >= 11 is 0. The van der Waals surface area contributed by atoms with Gasteiger partial charge in [-0.2, -0.15) is 0 Å². The van der Waals surface area contributed by atoms with Crippen LogP contribution in [-0.2, 0) is 79.8 Å². The van der Waals surface area contributed by atoms with Crippen LogP contribution in [0, 0.1) is 0 Å². The molecule has 2 aromatic rings. The molecule has 70 heavy (non-hydrogen) atoms. The first-order chi connectivity index (χ1) is 34.2. The Labute approximate surface area is 406 Å². The number of fused-ring (bicyclic) bond motifs is 6. The molecule has 0 aliphatic carbocycles. The van der Waals surface area contributed by atoms with Crippen molar-refractivity contribution in [3.63, 3.8) is 0 Å². The van der Waals surface area contributed by atoms with Gasteiger partial charge in [0.2, 0.25) is 0 Å². The number of ether oxygens (including phenoxy) is 12. The lowest BCUT2D eigenvalue weighted by atomic mass is 9.80. The number of methoxy groups -OCH3 is 1. The zero-order valence-corrected chi connectivity index (χ0v) is 39.9. The van der Waals surface area contributed by atoms with Crippen LogP contribution in [0.2, 0.25) is 0 Å². The van der Waals surface area contributed by atoms with Crippen LogP contribution in [0.5, 0.6) is 23.0 Å². The fraction of sp³-hybridized carbons (Fsp3) is 0.604. The first kappa shape index (κ1) is 53.9. The molecule has 6 rings (SSSR count). The summed E-state index contributed by atoms with van der Waals surface area (Å²) in [6, 6.07) is 7.37. The first-order valence-corrected chi connectivity index (χ1v) is 23.4. The van der Waals surface area contributed by atoms with Gasteiger partial charge in [-0.25, -0.2) is 4.79 Å². The fourth-order valence-corrected chi connectivity index (χ4v) is 7.60. The summed E-state index contributed by atoms with van der Waals surface area (Å²) in [5.74, 6) is -0.0914. The lowest BCUT2D eigenvalue weighted by Crippen LogP contribution is -2.43. The number of nitrogens with zero attached hydrogens (tertiary/aromatic N) is 2. The molecule has 0 bridgehead atoms. The molecule has 386 valence electrons. The number of hydrogen-bond donors (Lipinski definition) is 2. The van der Waals surface area contributed by atoms with E-state index in [0.717, 1.165) is 28.0 Å². The van der Waals surface area contributed by atoms with Crippen molar-refractivity contribution < 1.29 is 90.8 Å². The lowest BCUT2D eigenvalue weighted by molar-refractivity contribution is -0.198. The molecule has 0 unspecified atom stereocenters. The Hall–Kier alpha value is -5.43. The Kier molecular flexibility index (Phi) is 22.4. The molecule has 0 radical (unpaired) electrons. The van der Waals surface area contributed by atoms with Crippen molar-refractivity contribution >= 4 is 29.4 Å². The molecule has 1 fully saturated rings. The van der Waals surface area contributed by atoms with E-state index in [9.17, 15) is 24.3 Å². The van der Waals surface area contributed by atoms with E-state index in [2.05, 4.69) is 17.1 Å². The molecule has 1 saturated heterocycles. The van der Waals surface area contributed by atoms with Crippen molar-refractivity contribution in [2.75, 3.05) is 133 Å². The highest BCUT2D eigenvalue weighted by atomic mass is 16.7. The molecule has 22 nitrogen and oxygen atoms in total. The van der Waals surface area contributed by atoms with Crippen molar-refractivity contribution in [2.45, 2.75) is 57.3 Å². The lowest BCUT2D eigenvalue weighted by Gasteiger charge is -2.39. The van der Waals surface area contributed by atoms with Gasteiger partial charge in [0.05, 0.1) is 132 Å². The second-order valence-corrected chi connectivity index (χ2v) is 16.2. The number of carbonyl (C=O) groups is 4. The molecule has 2 aromatic carbocycles. The Morgan fingerprint density at radius 1 is 0.786 bits per heavy atom. The number of rotatable bonds is 34. The van der Waals surface area contributed by atoms with Crippen molar-refractivity contribution in [3.05, 3.63) is 58.7 Å². The Morgan fingerprint density at radius 2 is 1.36 bits per heavy atom. The van der Waals surface area contributed by atoms with E-state index in [4.69, 9.17) is 66.5 Å². The SMILES string of the molecule is C=C(C)[C@H]1Cc2c(ccc3c2O[C@@H]2COc4cc(CO)c(OC)cc4[C@@H]2/C3=N/OCC(=O)NCCOCCOCCOCCOCCOCCOCCOCCOCCC(=O)ON2C(=O)CCC2=O)O1. The van der Waals surface area contributed by atoms with Gasteiger partial charge in [0, 0.05) is 48.1 Å². The van der Waals surface area contributed by atoms with Gasteiger partial charge in [-0.05, 0) is 36.8 Å². The second kappa shape index (κ2) is 29.0. The molecule has 3 amide bonds. The van der Waals surface area contributed by atoms with Gasteiger partial charge in [-0.15, -0.1) is 5.06 Å². The number of nitrogens with one attached hydrogen (secondary N) is 1. The summed E-state index contributed by atoms with van der Waals surface area (Å²) in [4.78, 5) is 57.8. The quantitative estimate of drug-likeness (QED) is 0.0441. The van der Waals surface area contributed by atoms with Gasteiger partial charge >= 0.3 is 5.97 Å². The van der Waals surface area contributed by atoms with Crippen LogP contribution >= 0.6 is 0 Å². The van der Waals surface area contributed by atoms with Crippen LogP contribution in [0.15, 0.2) is 41.6 Å². The predicted octanol–water partition coefficient (Wildman–Crippen LogP) is 1.97. The normalized spacial score (nSPS) is 18.3. The molecule has 0 aromatic heterocycles. The fourth-order valence-electron chi connectivity index (χ4n) is 7.60. The van der Waals surface area contributed by atoms with Crippen LogP contribution in [0.3, 0.4) is 0 Å². The zero-order chi connectivity index (χ0) is 49.5. The van der Waals surface area contributed by atoms with Crippen molar-refractivity contribution in [3.8, 4) is 23.0 Å². The van der Waals surface area contributed by atoms with E-state index in [1.165, 1.54) is 0 Å². The summed E-state index contributed by atoms with van der Waals surface area (Å²) in [6.45, 7) is 11.7. The Balaban J connectivity index is 0.736. The first-order valence-electron chi connectivity index (χ1n) is 23.4. The molecule has 0 spiro atoms. The summed E-state index contributed by atoms with van der Waals surface area (Å²) in [7, 11) is 1.54. The van der Waals surface area contributed by atoms with Crippen LogP contribution in [0.4, 0.5) is 0 Å². The van der Waals surface area contributed by atoms with Crippen molar-refractivity contribution in [1.82, 2.24) is 10.4 Å². The van der Waals surface area contributed by atoms with E-state index in [1.54, 1.807) is 13.2 Å². The van der Waals surface area contributed by atoms with Crippen LogP contribution in [-0.4, -0.2) is 184 Å². The van der Waals surface area contributed by atoms with Crippen molar-refractivity contribution in [2.24, 2.45) is 5.16 Å². The number of benzene rings is 2. The number of oxime groups is 1. The van der Waals surface area contributed by atoms with Gasteiger partial charge < -0.3 is 76.9 Å². The number of hydrogen-bond acceptors (Lipinski definition) is 20. The molecular formula is C48H65N3O19. The minimum Gasteiger partial charge on any atom is -0.496 e. The largest absolute Gasteiger partial charge is 0.496 e. The molecule has 22 heteroatoms. The minimum absolute atomic E-state index is 0.0469. The topological polar surface area (TPSA) is 245 Å². The number of hydroxylamine groups is 2. The number of aliphatic hydroxyl groups excluding tert-OH is 1. The average Bonchev–Trinajstić information content (AvgIpc) is 3.95. The van der Waals surface area contributed by atoms with E-state index >= 15 is 0 Å². The third-order valence-electron chi connectivity index (χ3n) is 11.1. The van der Waals surface area contributed by atoms with Gasteiger partial charge in [0.25, 0.3) is 17.7 Å². The summed E-state index contributed by atoms with van der Waals surface area (Å²) in [5, 5.41) is 17.8. The highest BCUT2D eigenvalue weighted by molar-refractivity contribution is 6.09. The van der Waals surface area contributed by atoms with E-state index in [-0.39, 0.29) is 77.5 Å². The number of aliphatic hydroxyl groups is 1. The van der Waals surface area contributed by atoms with Crippen LogP contribution < -0.4 is 24.3 Å². The van der Waals surface area contributed by atoms with Crippen LogP contribution in [0.25, 0.3) is 0 Å². The van der Waals surface area contributed by atoms with Gasteiger partial charge in [0.15, 0.2) is 6.61 Å². The second-order valence-electron chi connectivity index (χ2n) is 16.2.